The van der Waals surface area contributed by atoms with Crippen LogP contribution in [0.1, 0.15) is 58.7 Å². The summed E-state index contributed by atoms with van der Waals surface area (Å²) >= 11 is 5.87. The number of rotatable bonds is 11. The lowest BCUT2D eigenvalue weighted by Gasteiger charge is -2.37. The number of hydrogen-bond donors (Lipinski definition) is 0. The lowest BCUT2D eigenvalue weighted by atomic mass is 9.92. The smallest absolute Gasteiger partial charge is 0.337 e. The molecule has 4 aromatic rings. The normalized spacial score (nSPS) is 18.2. The average molecular weight is 623 g/mol. The van der Waals surface area contributed by atoms with Gasteiger partial charge in [0.15, 0.2) is 0 Å². The topological polar surface area (TPSA) is 87.9 Å². The van der Waals surface area contributed by atoms with Gasteiger partial charge in [-0.1, -0.05) is 23.7 Å². The third-order valence-corrected chi connectivity index (χ3v) is 8.76. The van der Waals surface area contributed by atoms with E-state index in [2.05, 4.69) is 9.47 Å². The number of carbonyl (C=O) groups is 1. The molecule has 11 heteroatoms. The Hall–Kier alpha value is -3.57. The van der Waals surface area contributed by atoms with Crippen molar-refractivity contribution in [2.24, 2.45) is 0 Å². The minimum absolute atomic E-state index is 0.0740. The van der Waals surface area contributed by atoms with E-state index in [4.69, 9.17) is 40.5 Å². The van der Waals surface area contributed by atoms with E-state index < -0.39 is 5.82 Å². The number of piperidine rings is 1. The Kier molecular flexibility index (Phi) is 9.42. The second-order valence-corrected chi connectivity index (χ2v) is 11.7. The highest BCUT2D eigenvalue weighted by Gasteiger charge is 2.32. The summed E-state index contributed by atoms with van der Waals surface area (Å²) in [6.45, 7) is 3.63. The van der Waals surface area contributed by atoms with Crippen molar-refractivity contribution in [3.8, 4) is 5.88 Å². The maximum atomic E-state index is 14.2. The average Bonchev–Trinajstić information content (AvgIpc) is 3.38. The molecule has 9 nitrogen and oxygen atoms in total. The van der Waals surface area contributed by atoms with Gasteiger partial charge in [0, 0.05) is 42.0 Å². The van der Waals surface area contributed by atoms with Crippen LogP contribution in [0.3, 0.4) is 0 Å². The van der Waals surface area contributed by atoms with Crippen LogP contribution in [0.4, 0.5) is 4.39 Å². The molecule has 6 rings (SSSR count). The number of aromatic nitrogens is 3. The molecule has 2 aliphatic heterocycles. The van der Waals surface area contributed by atoms with Crippen molar-refractivity contribution in [2.45, 2.75) is 50.5 Å². The summed E-state index contributed by atoms with van der Waals surface area (Å²) in [5.74, 6) is 0.853. The van der Waals surface area contributed by atoms with Crippen molar-refractivity contribution in [3.63, 3.8) is 0 Å². The van der Waals surface area contributed by atoms with E-state index in [0.717, 1.165) is 61.5 Å². The van der Waals surface area contributed by atoms with Crippen molar-refractivity contribution >= 4 is 28.6 Å². The molecule has 0 N–H and O–H groups in total. The number of esters is 1. The Morgan fingerprint density at radius 1 is 1.09 bits per heavy atom. The number of ether oxygens (including phenoxy) is 4. The van der Waals surface area contributed by atoms with Gasteiger partial charge >= 0.3 is 5.97 Å². The van der Waals surface area contributed by atoms with Crippen LogP contribution >= 0.6 is 11.6 Å². The van der Waals surface area contributed by atoms with Gasteiger partial charge in [0.1, 0.15) is 18.2 Å². The molecule has 0 saturated carbocycles. The van der Waals surface area contributed by atoms with Crippen LogP contribution in [-0.2, 0) is 27.4 Å². The van der Waals surface area contributed by atoms with Gasteiger partial charge in [-0.2, -0.15) is 0 Å². The second kappa shape index (κ2) is 13.6. The Labute approximate surface area is 260 Å². The number of pyridine rings is 1. The van der Waals surface area contributed by atoms with Crippen molar-refractivity contribution < 1.29 is 28.1 Å². The molecule has 2 aromatic carbocycles. The predicted octanol–water partition coefficient (Wildman–Crippen LogP) is 5.95. The summed E-state index contributed by atoms with van der Waals surface area (Å²) in [4.78, 5) is 24.5. The number of fused-ring (bicyclic) bond motifs is 1. The fraction of sp³-hybridized carbons (Fsp3) is 0.424. The monoisotopic (exact) mass is 622 g/mol. The highest BCUT2D eigenvalue weighted by molar-refractivity contribution is 6.30. The van der Waals surface area contributed by atoms with Gasteiger partial charge in [-0.3, -0.25) is 4.90 Å². The third kappa shape index (κ3) is 6.58. The van der Waals surface area contributed by atoms with Crippen molar-refractivity contribution in [2.75, 3.05) is 40.5 Å². The number of benzene rings is 2. The Bertz CT molecular complexity index is 1620. The predicted molar refractivity (Wildman–Crippen MR) is 164 cm³/mol. The van der Waals surface area contributed by atoms with Gasteiger partial charge in [0.25, 0.3) is 0 Å². The molecule has 2 aromatic heterocycles. The second-order valence-electron chi connectivity index (χ2n) is 11.3. The van der Waals surface area contributed by atoms with Crippen molar-refractivity contribution in [1.29, 1.82) is 0 Å². The summed E-state index contributed by atoms with van der Waals surface area (Å²) < 4.78 is 38.7. The van der Waals surface area contributed by atoms with Gasteiger partial charge in [0.2, 0.25) is 5.88 Å². The maximum absolute atomic E-state index is 14.2. The SMILES string of the molecule is COCC(c1nc2ccc(C(=O)OC)cc2n1C[C@@H]1CCO1)N1CCC(c2cccc(OCc3ccc(Cl)cc3F)n2)CC1. The molecule has 2 saturated heterocycles. The van der Waals surface area contributed by atoms with Crippen LogP contribution in [-0.4, -0.2) is 72.0 Å². The lowest BCUT2D eigenvalue weighted by molar-refractivity contribution is -0.0598. The number of halogens is 2. The first-order valence-corrected chi connectivity index (χ1v) is 15.3. The van der Waals surface area contributed by atoms with E-state index in [-0.39, 0.29) is 30.6 Å². The van der Waals surface area contributed by atoms with Crippen LogP contribution in [0.2, 0.25) is 5.02 Å². The Morgan fingerprint density at radius 2 is 1.91 bits per heavy atom. The Morgan fingerprint density at radius 3 is 2.61 bits per heavy atom. The molecule has 2 aliphatic rings. The van der Waals surface area contributed by atoms with Gasteiger partial charge in [-0.15, -0.1) is 0 Å². The largest absolute Gasteiger partial charge is 0.473 e. The molecule has 0 aliphatic carbocycles. The summed E-state index contributed by atoms with van der Waals surface area (Å²) in [7, 11) is 3.10. The molecule has 0 bridgehead atoms. The molecule has 2 fully saturated rings. The van der Waals surface area contributed by atoms with Crippen LogP contribution in [0.15, 0.2) is 54.6 Å². The molecule has 1 unspecified atom stereocenters. The molecule has 0 radical (unpaired) electrons. The van der Waals surface area contributed by atoms with E-state index >= 15 is 0 Å². The summed E-state index contributed by atoms with van der Waals surface area (Å²) in [6, 6.07) is 15.7. The number of carbonyl (C=O) groups excluding carboxylic acids is 1. The van der Waals surface area contributed by atoms with E-state index in [1.165, 1.54) is 13.2 Å². The summed E-state index contributed by atoms with van der Waals surface area (Å²) in [5, 5.41) is 0.350. The first-order valence-electron chi connectivity index (χ1n) is 14.9. The first kappa shape index (κ1) is 30.5. The van der Waals surface area contributed by atoms with Gasteiger partial charge in [-0.05, 0) is 68.8 Å². The fourth-order valence-corrected chi connectivity index (χ4v) is 6.16. The maximum Gasteiger partial charge on any atom is 0.337 e. The minimum Gasteiger partial charge on any atom is -0.473 e. The number of likely N-dealkylation sites (tertiary alicyclic amines) is 1. The quantitative estimate of drug-likeness (QED) is 0.190. The molecule has 4 heterocycles. The number of methoxy groups -OCH3 is 2. The fourth-order valence-electron chi connectivity index (χ4n) is 6.00. The van der Waals surface area contributed by atoms with Crippen LogP contribution < -0.4 is 4.74 Å². The highest BCUT2D eigenvalue weighted by Crippen LogP contribution is 2.34. The lowest BCUT2D eigenvalue weighted by Crippen LogP contribution is -2.40. The number of imidazole rings is 1. The Balaban J connectivity index is 1.18. The van der Waals surface area contributed by atoms with Crippen molar-refractivity contribution in [1.82, 2.24) is 19.4 Å². The zero-order chi connectivity index (χ0) is 30.6. The molecule has 0 spiro atoms. The van der Waals surface area contributed by atoms with Crippen molar-refractivity contribution in [3.05, 3.63) is 88.1 Å². The molecule has 2 atom stereocenters. The first-order chi connectivity index (χ1) is 21.4. The number of nitrogens with zero attached hydrogens (tertiary/aromatic N) is 4. The van der Waals surface area contributed by atoms with E-state index in [0.29, 0.717) is 35.2 Å². The van der Waals surface area contributed by atoms with E-state index in [1.54, 1.807) is 31.4 Å². The van der Waals surface area contributed by atoms with Crippen LogP contribution in [0.5, 0.6) is 5.88 Å². The third-order valence-electron chi connectivity index (χ3n) is 8.53. The molecule has 0 amide bonds. The summed E-state index contributed by atoms with van der Waals surface area (Å²) in [5.41, 5.74) is 3.59. The van der Waals surface area contributed by atoms with Gasteiger partial charge in [0.05, 0.1) is 49.0 Å². The molecular formula is C33H36ClFN4O5. The summed E-state index contributed by atoms with van der Waals surface area (Å²) in [6.07, 6.45) is 2.90. The number of hydrogen-bond acceptors (Lipinski definition) is 8. The minimum atomic E-state index is -0.399. The van der Waals surface area contributed by atoms with Crippen LogP contribution in [0.25, 0.3) is 11.0 Å². The van der Waals surface area contributed by atoms with E-state index in [9.17, 15) is 9.18 Å². The molecule has 232 valence electrons. The van der Waals surface area contributed by atoms with Gasteiger partial charge in [-0.25, -0.2) is 19.2 Å². The zero-order valence-corrected chi connectivity index (χ0v) is 25.6. The molecular weight excluding hydrogens is 587 g/mol. The zero-order valence-electron chi connectivity index (χ0n) is 24.9. The van der Waals surface area contributed by atoms with Crippen LogP contribution in [0, 0.1) is 5.82 Å². The van der Waals surface area contributed by atoms with Gasteiger partial charge < -0.3 is 23.5 Å². The molecule has 44 heavy (non-hydrogen) atoms. The van der Waals surface area contributed by atoms with E-state index in [1.807, 2.05) is 24.3 Å². The highest BCUT2D eigenvalue weighted by atomic mass is 35.5. The standard InChI is InChI=1S/C33H36ClFN4O5/c1-41-20-30(32-37-28-9-7-22(33(40)42-2)16-29(28)39(32)18-25-12-15-43-25)38-13-10-21(11-14-38)27-4-3-5-31(36-27)44-19-23-6-8-24(34)17-26(23)35/h3-9,16-17,21,25,30H,10-15,18-20H2,1-2H3/t25-,30?/m0/s1.